The summed E-state index contributed by atoms with van der Waals surface area (Å²) < 4.78 is 0. The molecule has 1 aliphatic rings. The van der Waals surface area contributed by atoms with Gasteiger partial charge in [-0.05, 0) is 74.6 Å². The highest BCUT2D eigenvalue weighted by molar-refractivity contribution is 6.31. The van der Waals surface area contributed by atoms with E-state index >= 15 is 0 Å². The molecule has 2 aromatic rings. The molecule has 5 N–H and O–H groups in total. The zero-order valence-corrected chi connectivity index (χ0v) is 17.3. The second-order valence-electron chi connectivity index (χ2n) is 7.69. The quantitative estimate of drug-likeness (QED) is 0.459. The summed E-state index contributed by atoms with van der Waals surface area (Å²) in [4.78, 5) is 19.6. The number of nitrogen functional groups attached to an aromatic ring is 1. The first-order chi connectivity index (χ1) is 13.9. The first kappa shape index (κ1) is 21.3. The van der Waals surface area contributed by atoms with Crippen LogP contribution < -0.4 is 16.8 Å². The van der Waals surface area contributed by atoms with Crippen LogP contribution in [-0.4, -0.2) is 21.4 Å². The number of nitrogens with zero attached hydrogens (tertiary/aromatic N) is 3. The van der Waals surface area contributed by atoms with E-state index in [0.717, 1.165) is 36.8 Å². The summed E-state index contributed by atoms with van der Waals surface area (Å²) in [6.45, 7) is 3.09. The van der Waals surface area contributed by atoms with Gasteiger partial charge in [0.05, 0.1) is 4.92 Å². The number of nitrogens with one attached hydrogen (secondary N) is 1. The van der Waals surface area contributed by atoms with Gasteiger partial charge in [-0.25, -0.2) is 4.98 Å². The summed E-state index contributed by atoms with van der Waals surface area (Å²) in [5.41, 5.74) is 13.9. The maximum Gasteiger partial charge on any atom is 0.332 e. The van der Waals surface area contributed by atoms with Gasteiger partial charge in [0.2, 0.25) is 11.8 Å². The molecule has 0 unspecified atom stereocenters. The summed E-state index contributed by atoms with van der Waals surface area (Å²) in [7, 11) is 0. The van der Waals surface area contributed by atoms with Gasteiger partial charge in [0, 0.05) is 11.6 Å². The third-order valence-electron chi connectivity index (χ3n) is 5.76. The monoisotopic (exact) mass is 418 g/mol. The van der Waals surface area contributed by atoms with Gasteiger partial charge in [0.1, 0.15) is 5.69 Å². The van der Waals surface area contributed by atoms with Crippen LogP contribution in [0.3, 0.4) is 0 Å². The number of aromatic nitrogens is 2. The van der Waals surface area contributed by atoms with Crippen LogP contribution in [0.4, 0.5) is 17.5 Å². The molecule has 0 radical (unpaired) electrons. The lowest BCUT2D eigenvalue weighted by Gasteiger charge is -2.27. The second-order valence-corrected chi connectivity index (χ2v) is 8.10. The minimum Gasteiger partial charge on any atom is -0.378 e. The highest BCUT2D eigenvalue weighted by Crippen LogP contribution is 2.34. The molecule has 1 aromatic heterocycles. The molecular formula is C20H27ClN6O2. The summed E-state index contributed by atoms with van der Waals surface area (Å²) >= 11 is 6.17. The van der Waals surface area contributed by atoms with E-state index < -0.39 is 4.92 Å². The van der Waals surface area contributed by atoms with Crippen LogP contribution in [0.15, 0.2) is 18.2 Å². The molecule has 0 aliphatic heterocycles. The van der Waals surface area contributed by atoms with E-state index in [1.807, 2.05) is 25.1 Å². The largest absolute Gasteiger partial charge is 0.378 e. The van der Waals surface area contributed by atoms with Gasteiger partial charge in [-0.1, -0.05) is 23.7 Å². The molecule has 0 bridgehead atoms. The Balaban J connectivity index is 1.78. The molecule has 1 fully saturated rings. The fourth-order valence-electron chi connectivity index (χ4n) is 3.90. The summed E-state index contributed by atoms with van der Waals surface area (Å²) in [6, 6.07) is 5.67. The van der Waals surface area contributed by atoms with Crippen LogP contribution >= 0.6 is 11.6 Å². The molecule has 9 heteroatoms. The molecule has 0 saturated heterocycles. The molecule has 1 aromatic carbocycles. The SMILES string of the molecule is Cc1c(Cl)cccc1CNc1nc(N)c([N+](=O)[O-])c(CC2CCC(CN)CC2)n1. The molecule has 3 rings (SSSR count). The predicted molar refractivity (Wildman–Crippen MR) is 115 cm³/mol. The smallest absolute Gasteiger partial charge is 0.332 e. The van der Waals surface area contributed by atoms with Crippen molar-refractivity contribution >= 4 is 29.1 Å². The molecule has 0 spiro atoms. The van der Waals surface area contributed by atoms with Crippen molar-refractivity contribution in [3.05, 3.63) is 50.2 Å². The number of hydrogen-bond donors (Lipinski definition) is 3. The first-order valence-corrected chi connectivity index (χ1v) is 10.3. The van der Waals surface area contributed by atoms with E-state index in [2.05, 4.69) is 15.3 Å². The van der Waals surface area contributed by atoms with Gasteiger partial charge in [0.25, 0.3) is 0 Å². The molecule has 8 nitrogen and oxygen atoms in total. The summed E-state index contributed by atoms with van der Waals surface area (Å²) in [5.74, 6) is 1.07. The molecule has 1 aliphatic carbocycles. The van der Waals surface area contributed by atoms with Crippen molar-refractivity contribution in [1.29, 1.82) is 0 Å². The number of anilines is 2. The summed E-state index contributed by atoms with van der Waals surface area (Å²) in [6.07, 6.45) is 4.61. The Kier molecular flexibility index (Phi) is 6.87. The van der Waals surface area contributed by atoms with Gasteiger partial charge in [-0.2, -0.15) is 4.98 Å². The topological polar surface area (TPSA) is 133 Å². The lowest BCUT2D eigenvalue weighted by atomic mass is 9.80. The highest BCUT2D eigenvalue weighted by Gasteiger charge is 2.27. The van der Waals surface area contributed by atoms with Gasteiger partial charge in [-0.15, -0.1) is 0 Å². The van der Waals surface area contributed by atoms with Crippen LogP contribution in [0.5, 0.6) is 0 Å². The van der Waals surface area contributed by atoms with Crippen molar-refractivity contribution < 1.29 is 4.92 Å². The van der Waals surface area contributed by atoms with Crippen LogP contribution in [0.2, 0.25) is 5.02 Å². The second kappa shape index (κ2) is 9.37. The minimum absolute atomic E-state index is 0.110. The van der Waals surface area contributed by atoms with Gasteiger partial charge >= 0.3 is 5.69 Å². The van der Waals surface area contributed by atoms with Crippen LogP contribution in [0.25, 0.3) is 0 Å². The van der Waals surface area contributed by atoms with Crippen LogP contribution in [-0.2, 0) is 13.0 Å². The number of rotatable bonds is 7. The average Bonchev–Trinajstić information content (AvgIpc) is 2.69. The fraction of sp³-hybridized carbons (Fsp3) is 0.500. The molecule has 0 atom stereocenters. The van der Waals surface area contributed by atoms with E-state index in [9.17, 15) is 10.1 Å². The third-order valence-corrected chi connectivity index (χ3v) is 6.17. The maximum atomic E-state index is 11.5. The van der Waals surface area contributed by atoms with Crippen molar-refractivity contribution in [3.8, 4) is 0 Å². The standard InChI is InChI=1S/C20H27ClN6O2/c1-12-15(3-2-4-16(12)21)11-24-20-25-17(18(27(28)29)19(23)26-20)9-13-5-7-14(10-22)8-6-13/h2-4,13-14H,5-11,22H2,1H3,(H3,23,24,25,26). The average molecular weight is 419 g/mol. The third kappa shape index (κ3) is 5.13. The zero-order valence-electron chi connectivity index (χ0n) is 16.5. The van der Waals surface area contributed by atoms with E-state index in [1.54, 1.807) is 0 Å². The Morgan fingerprint density at radius 1 is 1.24 bits per heavy atom. The molecule has 29 heavy (non-hydrogen) atoms. The van der Waals surface area contributed by atoms with Crippen molar-refractivity contribution in [1.82, 2.24) is 9.97 Å². The van der Waals surface area contributed by atoms with E-state index in [1.165, 1.54) is 0 Å². The Hall–Kier alpha value is -2.45. The maximum absolute atomic E-state index is 11.5. The Bertz CT molecular complexity index is 884. The normalized spacial score (nSPS) is 19.1. The van der Waals surface area contributed by atoms with Gasteiger partial charge < -0.3 is 16.8 Å². The molecule has 1 saturated carbocycles. The van der Waals surface area contributed by atoms with E-state index in [-0.39, 0.29) is 17.5 Å². The van der Waals surface area contributed by atoms with Crippen LogP contribution in [0, 0.1) is 28.9 Å². The van der Waals surface area contributed by atoms with E-state index in [4.69, 9.17) is 23.1 Å². The fourth-order valence-corrected chi connectivity index (χ4v) is 4.10. The van der Waals surface area contributed by atoms with Gasteiger partial charge in [0.15, 0.2) is 0 Å². The zero-order chi connectivity index (χ0) is 21.0. The molecule has 1 heterocycles. The lowest BCUT2D eigenvalue weighted by Crippen LogP contribution is -2.23. The molecule has 0 amide bonds. The Morgan fingerprint density at radius 2 is 1.93 bits per heavy atom. The lowest BCUT2D eigenvalue weighted by molar-refractivity contribution is -0.385. The minimum atomic E-state index is -0.485. The Morgan fingerprint density at radius 3 is 2.59 bits per heavy atom. The van der Waals surface area contributed by atoms with E-state index in [0.29, 0.717) is 42.1 Å². The number of benzene rings is 1. The van der Waals surface area contributed by atoms with Gasteiger partial charge in [-0.3, -0.25) is 10.1 Å². The Labute approximate surface area is 175 Å². The number of hydrogen-bond acceptors (Lipinski definition) is 7. The van der Waals surface area contributed by atoms with Crippen LogP contribution in [0.1, 0.15) is 42.5 Å². The molecular weight excluding hydrogens is 392 g/mol. The molecule has 156 valence electrons. The number of nitro groups is 1. The first-order valence-electron chi connectivity index (χ1n) is 9.87. The summed E-state index contributed by atoms with van der Waals surface area (Å²) in [5, 5.41) is 15.4. The van der Waals surface area contributed by atoms with Crippen molar-refractivity contribution in [2.45, 2.75) is 45.6 Å². The van der Waals surface area contributed by atoms with Crippen molar-refractivity contribution in [2.75, 3.05) is 17.6 Å². The number of nitrogens with two attached hydrogens (primary N) is 2. The highest BCUT2D eigenvalue weighted by atomic mass is 35.5. The number of halogens is 1. The van der Waals surface area contributed by atoms with Crippen molar-refractivity contribution in [2.24, 2.45) is 17.6 Å². The van der Waals surface area contributed by atoms with Crippen molar-refractivity contribution in [3.63, 3.8) is 0 Å². The predicted octanol–water partition coefficient (Wildman–Crippen LogP) is 3.85.